The first-order chi connectivity index (χ1) is 19.8. The first-order valence-electron chi connectivity index (χ1n) is 13.9. The van der Waals surface area contributed by atoms with Gasteiger partial charge in [0.1, 0.15) is 0 Å². The van der Waals surface area contributed by atoms with E-state index in [1.807, 2.05) is 13.8 Å². The number of hydrazone groups is 1. The van der Waals surface area contributed by atoms with Gasteiger partial charge in [0.2, 0.25) is 17.7 Å². The van der Waals surface area contributed by atoms with Gasteiger partial charge >= 0.3 is 6.18 Å². The summed E-state index contributed by atoms with van der Waals surface area (Å²) in [6.45, 7) is 4.07. The summed E-state index contributed by atoms with van der Waals surface area (Å²) in [4.78, 5) is 27.7. The number of amides is 2. The third-order valence-corrected chi connectivity index (χ3v) is 5.58. The molecule has 0 aromatic carbocycles. The fraction of sp³-hybridized carbons (Fsp3) is 0.654. The molecule has 2 fully saturated rings. The lowest BCUT2D eigenvalue weighted by Crippen LogP contribution is -2.45. The van der Waals surface area contributed by atoms with E-state index < -0.39 is 36.8 Å². The molecule has 16 heteroatoms. The Morgan fingerprint density at radius 2 is 1.67 bits per heavy atom. The normalized spacial score (nSPS) is 15.5. The van der Waals surface area contributed by atoms with Crippen LogP contribution < -0.4 is 22.3 Å². The smallest absolute Gasteiger partial charge is 0.352 e. The SMILES string of the molecule is C1CC1.CC.CN(N)/C(=N\N)C(=O)NCc1cn2ncc(CNC(=O)CCC(F)(F)F)cc2n1.FC1(F)CCCCC1. The summed E-state index contributed by atoms with van der Waals surface area (Å²) in [6.07, 6.45) is 3.99. The molecule has 4 rings (SSSR count). The molecule has 0 spiro atoms. The molecule has 0 bridgehead atoms. The summed E-state index contributed by atoms with van der Waals surface area (Å²) >= 11 is 0. The molecular formula is C26H42F5N9O2. The molecule has 0 aliphatic heterocycles. The minimum absolute atomic E-state index is 0.0122. The number of alkyl halides is 5. The lowest BCUT2D eigenvalue weighted by atomic mass is 9.97. The number of carbonyl (C=O) groups excluding carboxylic acids is 2. The Labute approximate surface area is 242 Å². The van der Waals surface area contributed by atoms with Crippen molar-refractivity contribution >= 4 is 23.3 Å². The molecule has 238 valence electrons. The maximum absolute atomic E-state index is 12.2. The van der Waals surface area contributed by atoms with Crippen LogP contribution in [0, 0.1) is 0 Å². The molecule has 0 radical (unpaired) electrons. The highest BCUT2D eigenvalue weighted by atomic mass is 19.4. The number of halogens is 5. The Kier molecular flexibility index (Phi) is 15.7. The van der Waals surface area contributed by atoms with Crippen LogP contribution in [-0.2, 0) is 22.7 Å². The van der Waals surface area contributed by atoms with E-state index in [0.717, 1.165) is 11.4 Å². The van der Waals surface area contributed by atoms with Gasteiger partial charge in [0, 0.05) is 32.9 Å². The standard InChI is InChI=1S/C15H20F3N9O2.C6H10F2.C3H6.C2H6/c1-26(20)13(25-19)14(29)22-7-10-8-27-11(24-10)4-9(6-23-27)5-21-12(28)2-3-15(16,17)18;7-6(8)4-2-1-3-5-6;1-2-3-1;1-2/h4,6,8H,2-3,5,7,19-20H2,1H3,(H,21,28)(H,22,29);1-5H2;1-3H2;1-2H3/b25-13-;;;. The van der Waals surface area contributed by atoms with Gasteiger partial charge in [-0.3, -0.25) is 14.6 Å². The van der Waals surface area contributed by atoms with Crippen LogP contribution in [0.15, 0.2) is 23.6 Å². The average Bonchev–Trinajstić information content (AvgIpc) is 3.76. The summed E-state index contributed by atoms with van der Waals surface area (Å²) in [7, 11) is 1.41. The van der Waals surface area contributed by atoms with Crippen molar-refractivity contribution in [2.75, 3.05) is 7.05 Å². The lowest BCUT2D eigenvalue weighted by molar-refractivity contribution is -0.144. The Morgan fingerprint density at radius 1 is 1.07 bits per heavy atom. The Morgan fingerprint density at radius 3 is 2.14 bits per heavy atom. The molecule has 2 amide bonds. The fourth-order valence-corrected chi connectivity index (χ4v) is 3.32. The van der Waals surface area contributed by atoms with E-state index >= 15 is 0 Å². The first kappa shape index (κ1) is 36.5. The van der Waals surface area contributed by atoms with Crippen molar-refractivity contribution in [3.05, 3.63) is 29.7 Å². The van der Waals surface area contributed by atoms with Gasteiger partial charge in [0.15, 0.2) is 5.65 Å². The van der Waals surface area contributed by atoms with E-state index in [9.17, 15) is 31.5 Å². The second-order valence-electron chi connectivity index (χ2n) is 9.51. The number of aromatic nitrogens is 3. The third kappa shape index (κ3) is 15.4. The second kappa shape index (κ2) is 18.1. The number of nitrogens with two attached hydrogens (primary N) is 2. The van der Waals surface area contributed by atoms with Crippen molar-refractivity contribution < 1.29 is 31.5 Å². The lowest BCUT2D eigenvalue weighted by Gasteiger charge is -2.20. The first-order valence-corrected chi connectivity index (χ1v) is 13.9. The summed E-state index contributed by atoms with van der Waals surface area (Å²) in [5.74, 6) is 6.74. The molecule has 2 saturated carbocycles. The number of rotatable bonds is 6. The summed E-state index contributed by atoms with van der Waals surface area (Å²) < 4.78 is 62.2. The number of hydrogen-bond acceptors (Lipinski definition) is 7. The number of nitrogens with one attached hydrogen (secondary N) is 2. The van der Waals surface area contributed by atoms with Crippen LogP contribution in [-0.4, -0.2) is 56.4 Å². The largest absolute Gasteiger partial charge is 0.389 e. The highest BCUT2D eigenvalue weighted by molar-refractivity contribution is 6.37. The zero-order valence-electron chi connectivity index (χ0n) is 24.3. The zero-order chi connectivity index (χ0) is 31.8. The van der Waals surface area contributed by atoms with Gasteiger partial charge in [0.25, 0.3) is 5.91 Å². The molecule has 2 aliphatic carbocycles. The molecule has 2 heterocycles. The number of likely N-dealkylation sites (N-methyl/N-ethyl adjacent to an activating group) is 1. The van der Waals surface area contributed by atoms with Crippen LogP contribution in [0.5, 0.6) is 0 Å². The van der Waals surface area contributed by atoms with E-state index in [2.05, 4.69) is 25.8 Å². The molecular weight excluding hydrogens is 565 g/mol. The van der Waals surface area contributed by atoms with Crippen molar-refractivity contribution in [2.24, 2.45) is 16.8 Å². The number of fused-ring (bicyclic) bond motifs is 1. The van der Waals surface area contributed by atoms with Gasteiger partial charge < -0.3 is 16.5 Å². The summed E-state index contributed by atoms with van der Waals surface area (Å²) in [5.41, 5.74) is 1.47. The quantitative estimate of drug-likeness (QED) is 0.126. The third-order valence-electron chi connectivity index (χ3n) is 5.58. The number of hydrogen-bond donors (Lipinski definition) is 4. The number of hydrazine groups is 1. The molecule has 42 heavy (non-hydrogen) atoms. The van der Waals surface area contributed by atoms with E-state index in [-0.39, 0.29) is 31.8 Å². The highest BCUT2D eigenvalue weighted by Crippen LogP contribution is 2.32. The van der Waals surface area contributed by atoms with Crippen molar-refractivity contribution in [1.82, 2.24) is 30.2 Å². The maximum atomic E-state index is 12.2. The number of amidine groups is 1. The van der Waals surface area contributed by atoms with Crippen molar-refractivity contribution in [2.45, 2.75) is 103 Å². The van der Waals surface area contributed by atoms with Crippen LogP contribution in [0.2, 0.25) is 0 Å². The Hall–Kier alpha value is -3.56. The average molecular weight is 608 g/mol. The van der Waals surface area contributed by atoms with Gasteiger partial charge in [0.05, 0.1) is 31.1 Å². The minimum Gasteiger partial charge on any atom is -0.352 e. The number of carbonyl (C=O) groups is 2. The molecule has 0 unspecified atom stereocenters. The zero-order valence-corrected chi connectivity index (χ0v) is 24.3. The van der Waals surface area contributed by atoms with E-state index in [0.29, 0.717) is 29.7 Å². The predicted molar refractivity (Wildman–Crippen MR) is 149 cm³/mol. The van der Waals surface area contributed by atoms with Crippen molar-refractivity contribution in [3.8, 4) is 0 Å². The molecule has 11 nitrogen and oxygen atoms in total. The topological polar surface area (TPSA) is 156 Å². The fourth-order valence-electron chi connectivity index (χ4n) is 3.32. The van der Waals surface area contributed by atoms with E-state index in [1.165, 1.54) is 37.0 Å². The Bertz CT molecular complexity index is 1120. The van der Waals surface area contributed by atoms with Crippen LogP contribution in [0.1, 0.15) is 89.3 Å². The van der Waals surface area contributed by atoms with Crippen molar-refractivity contribution in [3.63, 3.8) is 0 Å². The van der Waals surface area contributed by atoms with Gasteiger partial charge in [-0.15, -0.1) is 0 Å². The van der Waals surface area contributed by atoms with Crippen LogP contribution in [0.3, 0.4) is 0 Å². The van der Waals surface area contributed by atoms with Gasteiger partial charge in [-0.25, -0.2) is 24.1 Å². The van der Waals surface area contributed by atoms with Crippen LogP contribution in [0.25, 0.3) is 5.65 Å². The minimum atomic E-state index is -4.38. The van der Waals surface area contributed by atoms with E-state index in [1.54, 1.807) is 12.3 Å². The molecule has 2 aromatic heterocycles. The van der Waals surface area contributed by atoms with Gasteiger partial charge in [-0.1, -0.05) is 39.5 Å². The summed E-state index contributed by atoms with van der Waals surface area (Å²) in [5, 5.41) is 13.3. The molecule has 2 aliphatic rings. The van der Waals surface area contributed by atoms with Crippen molar-refractivity contribution in [1.29, 1.82) is 0 Å². The monoisotopic (exact) mass is 607 g/mol. The molecule has 0 atom stereocenters. The molecule has 2 aromatic rings. The van der Waals surface area contributed by atoms with E-state index in [4.69, 9.17) is 11.7 Å². The van der Waals surface area contributed by atoms with Crippen LogP contribution in [0.4, 0.5) is 22.0 Å². The number of nitrogens with zero attached hydrogens (tertiary/aromatic N) is 5. The molecule has 6 N–H and O–H groups in total. The number of imidazole rings is 1. The van der Waals surface area contributed by atoms with Crippen LogP contribution >= 0.6 is 0 Å². The highest BCUT2D eigenvalue weighted by Gasteiger charge is 2.30. The molecule has 0 saturated heterocycles. The van der Waals surface area contributed by atoms with Gasteiger partial charge in [-0.05, 0) is 24.5 Å². The van der Waals surface area contributed by atoms with Gasteiger partial charge in [-0.2, -0.15) is 23.4 Å². The second-order valence-corrected chi connectivity index (χ2v) is 9.51. The Balaban J connectivity index is 0.000000555. The maximum Gasteiger partial charge on any atom is 0.389 e. The summed E-state index contributed by atoms with van der Waals surface area (Å²) in [6, 6.07) is 1.61. The predicted octanol–water partition coefficient (Wildman–Crippen LogP) is 4.16.